The Hall–Kier alpha value is -0.0900. The molecular formula is C9H22BrNO2. The van der Waals surface area contributed by atoms with Crippen LogP contribution >= 0.6 is 17.0 Å². The predicted molar refractivity (Wildman–Crippen MR) is 61.5 cm³/mol. The van der Waals surface area contributed by atoms with E-state index in [0.29, 0.717) is 6.42 Å². The molecule has 0 aromatic rings. The molecule has 0 rings (SSSR count). The van der Waals surface area contributed by atoms with E-state index < -0.39 is 0 Å². The zero-order valence-corrected chi connectivity index (χ0v) is 10.8. The summed E-state index contributed by atoms with van der Waals surface area (Å²) in [4.78, 5) is 10.5. The van der Waals surface area contributed by atoms with Gasteiger partial charge in [-0.1, -0.05) is 19.8 Å². The number of rotatable bonds is 4. The van der Waals surface area contributed by atoms with Crippen molar-refractivity contribution in [3.63, 3.8) is 0 Å². The van der Waals surface area contributed by atoms with Gasteiger partial charge in [-0.3, -0.25) is 4.79 Å². The molecule has 0 aromatic carbocycles. The summed E-state index contributed by atoms with van der Waals surface area (Å²) in [6.45, 7) is 2.11. The number of methoxy groups -OCH3 is 1. The molecule has 0 saturated heterocycles. The predicted octanol–water partition coefficient (Wildman–Crippen LogP) is 2.15. The number of hydrogen-bond donors (Lipinski definition) is 1. The Kier molecular flexibility index (Phi) is 25.6. The molecule has 0 radical (unpaired) electrons. The number of unbranched alkanes of at least 4 members (excludes halogenated alkanes) is 2. The summed E-state index contributed by atoms with van der Waals surface area (Å²) in [5.41, 5.74) is 0. The second-order valence-corrected chi connectivity index (χ2v) is 2.53. The van der Waals surface area contributed by atoms with Crippen LogP contribution in [-0.4, -0.2) is 27.2 Å². The Bertz CT molecular complexity index is 99.6. The second kappa shape index (κ2) is 17.9. The summed E-state index contributed by atoms with van der Waals surface area (Å²) in [6.07, 6.45) is 3.81. The van der Waals surface area contributed by atoms with Gasteiger partial charge >= 0.3 is 5.97 Å². The van der Waals surface area contributed by atoms with Crippen LogP contribution in [0.4, 0.5) is 0 Å². The van der Waals surface area contributed by atoms with Crippen molar-refractivity contribution in [2.45, 2.75) is 32.6 Å². The van der Waals surface area contributed by atoms with Gasteiger partial charge in [0.05, 0.1) is 7.11 Å². The number of carbonyl (C=O) groups excluding carboxylic acids is 1. The number of esters is 1. The molecular weight excluding hydrogens is 234 g/mol. The van der Waals surface area contributed by atoms with Crippen LogP contribution in [0.2, 0.25) is 0 Å². The first-order chi connectivity index (χ1) is 5.72. The quantitative estimate of drug-likeness (QED) is 0.618. The van der Waals surface area contributed by atoms with Crippen LogP contribution in [0.1, 0.15) is 32.6 Å². The Morgan fingerprint density at radius 2 is 1.77 bits per heavy atom. The third-order valence-electron chi connectivity index (χ3n) is 1.21. The van der Waals surface area contributed by atoms with Crippen molar-refractivity contribution in [2.24, 2.45) is 0 Å². The first-order valence-electron chi connectivity index (χ1n) is 4.38. The molecule has 1 N–H and O–H groups in total. The fourth-order valence-electron chi connectivity index (χ4n) is 0.621. The zero-order chi connectivity index (χ0) is 9.82. The minimum absolute atomic E-state index is 0. The van der Waals surface area contributed by atoms with Gasteiger partial charge < -0.3 is 10.1 Å². The van der Waals surface area contributed by atoms with Gasteiger partial charge in [0.15, 0.2) is 0 Å². The first-order valence-corrected chi connectivity index (χ1v) is 4.38. The summed E-state index contributed by atoms with van der Waals surface area (Å²) in [5.74, 6) is -0.0940. The Balaban J connectivity index is -0.000000220. The van der Waals surface area contributed by atoms with Crippen LogP contribution in [-0.2, 0) is 9.53 Å². The highest BCUT2D eigenvalue weighted by Gasteiger charge is 1.96. The lowest BCUT2D eigenvalue weighted by Crippen LogP contribution is -1.98. The topological polar surface area (TPSA) is 38.3 Å². The van der Waals surface area contributed by atoms with Crippen molar-refractivity contribution in [2.75, 3.05) is 21.2 Å². The average Bonchev–Trinajstić information content (AvgIpc) is 2.06. The highest BCUT2D eigenvalue weighted by Crippen LogP contribution is 1.98. The van der Waals surface area contributed by atoms with Gasteiger partial charge in [0.2, 0.25) is 0 Å². The van der Waals surface area contributed by atoms with E-state index in [9.17, 15) is 4.79 Å². The van der Waals surface area contributed by atoms with Gasteiger partial charge in [0, 0.05) is 6.42 Å². The monoisotopic (exact) mass is 255 g/mol. The Labute approximate surface area is 92.0 Å². The molecule has 0 saturated carbocycles. The van der Waals surface area contributed by atoms with Crippen molar-refractivity contribution in [1.29, 1.82) is 0 Å². The summed E-state index contributed by atoms with van der Waals surface area (Å²) in [7, 11) is 5.17. The molecule has 0 bridgehead atoms. The number of ether oxygens (including phenoxy) is 1. The third kappa shape index (κ3) is 24.5. The van der Waals surface area contributed by atoms with E-state index in [0.717, 1.165) is 19.3 Å². The molecule has 4 heteroatoms. The molecule has 0 atom stereocenters. The van der Waals surface area contributed by atoms with E-state index in [1.54, 1.807) is 0 Å². The van der Waals surface area contributed by atoms with Crippen LogP contribution in [0.5, 0.6) is 0 Å². The minimum Gasteiger partial charge on any atom is -0.469 e. The van der Waals surface area contributed by atoms with E-state index in [1.807, 2.05) is 14.1 Å². The maximum Gasteiger partial charge on any atom is 0.305 e. The lowest BCUT2D eigenvalue weighted by Gasteiger charge is -1.95. The number of nitrogens with one attached hydrogen (secondary N) is 1. The van der Waals surface area contributed by atoms with Crippen LogP contribution < -0.4 is 5.32 Å². The molecule has 0 aliphatic heterocycles. The van der Waals surface area contributed by atoms with E-state index >= 15 is 0 Å². The molecule has 0 amide bonds. The summed E-state index contributed by atoms with van der Waals surface area (Å²) in [6, 6.07) is 0. The molecule has 0 heterocycles. The van der Waals surface area contributed by atoms with Crippen LogP contribution in [0, 0.1) is 0 Å². The van der Waals surface area contributed by atoms with Gasteiger partial charge in [0.1, 0.15) is 0 Å². The molecule has 0 fully saturated rings. The van der Waals surface area contributed by atoms with Gasteiger partial charge in [-0.25, -0.2) is 0 Å². The lowest BCUT2D eigenvalue weighted by molar-refractivity contribution is -0.140. The molecule has 82 valence electrons. The highest BCUT2D eigenvalue weighted by molar-refractivity contribution is 8.93. The van der Waals surface area contributed by atoms with E-state index in [2.05, 4.69) is 17.0 Å². The Morgan fingerprint density at radius 3 is 2.08 bits per heavy atom. The third-order valence-corrected chi connectivity index (χ3v) is 1.21. The first kappa shape index (κ1) is 18.6. The van der Waals surface area contributed by atoms with Gasteiger partial charge in [-0.05, 0) is 20.5 Å². The number of carbonyl (C=O) groups is 1. The fraction of sp³-hybridized carbons (Fsp3) is 0.889. The Morgan fingerprint density at radius 1 is 1.31 bits per heavy atom. The number of halogens is 1. The largest absolute Gasteiger partial charge is 0.469 e. The van der Waals surface area contributed by atoms with Crippen LogP contribution in [0.3, 0.4) is 0 Å². The second-order valence-electron chi connectivity index (χ2n) is 2.53. The normalized spacial score (nSPS) is 7.69. The maximum atomic E-state index is 10.5. The van der Waals surface area contributed by atoms with E-state index in [4.69, 9.17) is 0 Å². The molecule has 0 aliphatic carbocycles. The van der Waals surface area contributed by atoms with Crippen LogP contribution in [0.25, 0.3) is 0 Å². The van der Waals surface area contributed by atoms with Gasteiger partial charge in [-0.15, -0.1) is 17.0 Å². The SMILES string of the molecule is Br.CCCCCC(=O)OC.CNC. The van der Waals surface area contributed by atoms with Crippen molar-refractivity contribution in [3.8, 4) is 0 Å². The molecule has 0 aromatic heterocycles. The standard InChI is InChI=1S/C7H14O2.C2H7N.BrH/c1-3-4-5-6-7(8)9-2;1-3-2;/h3-6H2,1-2H3;3H,1-2H3;1H. The average molecular weight is 256 g/mol. The zero-order valence-electron chi connectivity index (χ0n) is 9.05. The molecule has 0 spiro atoms. The maximum absolute atomic E-state index is 10.5. The van der Waals surface area contributed by atoms with Crippen molar-refractivity contribution in [1.82, 2.24) is 5.32 Å². The molecule has 3 nitrogen and oxygen atoms in total. The summed E-state index contributed by atoms with van der Waals surface area (Å²) >= 11 is 0. The van der Waals surface area contributed by atoms with Crippen molar-refractivity contribution < 1.29 is 9.53 Å². The summed E-state index contributed by atoms with van der Waals surface area (Å²) in [5, 5.41) is 2.75. The molecule has 0 unspecified atom stereocenters. The number of hydrogen-bond acceptors (Lipinski definition) is 3. The van der Waals surface area contributed by atoms with Gasteiger partial charge in [-0.2, -0.15) is 0 Å². The fourth-order valence-corrected chi connectivity index (χ4v) is 0.621. The lowest BCUT2D eigenvalue weighted by atomic mass is 10.2. The summed E-state index contributed by atoms with van der Waals surface area (Å²) < 4.78 is 4.46. The highest BCUT2D eigenvalue weighted by atomic mass is 79.9. The minimum atomic E-state index is -0.0940. The van der Waals surface area contributed by atoms with E-state index in [-0.39, 0.29) is 23.0 Å². The van der Waals surface area contributed by atoms with Crippen molar-refractivity contribution >= 4 is 23.0 Å². The molecule has 0 aliphatic rings. The van der Waals surface area contributed by atoms with Gasteiger partial charge in [0.25, 0.3) is 0 Å². The van der Waals surface area contributed by atoms with Crippen molar-refractivity contribution in [3.05, 3.63) is 0 Å². The molecule has 13 heavy (non-hydrogen) atoms. The van der Waals surface area contributed by atoms with Crippen LogP contribution in [0.15, 0.2) is 0 Å². The van der Waals surface area contributed by atoms with E-state index in [1.165, 1.54) is 7.11 Å². The smallest absolute Gasteiger partial charge is 0.305 e.